The number of anilines is 1. The number of nitrogens with zero attached hydrogens (tertiary/aromatic N) is 1. The number of benzene rings is 1. The average Bonchev–Trinajstić information content (AvgIpc) is 2.58. The molecule has 0 aromatic heterocycles. The lowest BCUT2D eigenvalue weighted by Crippen LogP contribution is -2.25. The maximum atomic E-state index is 11.3. The van der Waals surface area contributed by atoms with Gasteiger partial charge < -0.3 is 4.90 Å². The summed E-state index contributed by atoms with van der Waals surface area (Å²) in [6.07, 6.45) is 0.700. The molecule has 0 bridgehead atoms. The molecule has 1 aromatic carbocycles. The van der Waals surface area contributed by atoms with Crippen molar-refractivity contribution in [2.75, 3.05) is 11.4 Å². The summed E-state index contributed by atoms with van der Waals surface area (Å²) in [5, 5.41) is 0. The monoisotopic (exact) mass is 303 g/mol. The van der Waals surface area contributed by atoms with E-state index in [0.717, 1.165) is 11.3 Å². The second-order valence-corrected chi connectivity index (χ2v) is 7.55. The Bertz CT molecular complexity index is 553. The summed E-state index contributed by atoms with van der Waals surface area (Å²) in [5.41, 5.74) is 1.71. The standard InChI is InChI=1S/C10H10BrNO3S/c1-7(13)12-5-4-8-6-9(16(11,14)15)2-3-10(8)12/h2-3,6H,4-5H2,1H3. The first kappa shape index (κ1) is 11.6. The van der Waals surface area contributed by atoms with Crippen LogP contribution in [0.25, 0.3) is 0 Å². The van der Waals surface area contributed by atoms with E-state index in [0.29, 0.717) is 13.0 Å². The first-order valence-electron chi connectivity index (χ1n) is 4.75. The molecule has 2 rings (SSSR count). The maximum absolute atomic E-state index is 11.3. The second kappa shape index (κ2) is 3.85. The van der Waals surface area contributed by atoms with Gasteiger partial charge >= 0.3 is 0 Å². The highest BCUT2D eigenvalue weighted by Gasteiger charge is 2.23. The van der Waals surface area contributed by atoms with Crippen molar-refractivity contribution >= 4 is 34.7 Å². The van der Waals surface area contributed by atoms with E-state index in [2.05, 4.69) is 14.8 Å². The van der Waals surface area contributed by atoms with E-state index in [1.165, 1.54) is 13.0 Å². The van der Waals surface area contributed by atoms with Crippen LogP contribution in [0.15, 0.2) is 23.1 Å². The molecular formula is C10H10BrNO3S. The predicted molar refractivity (Wildman–Crippen MR) is 64.3 cm³/mol. The molecule has 0 aliphatic carbocycles. The molecule has 1 amide bonds. The molecule has 0 spiro atoms. The van der Waals surface area contributed by atoms with Gasteiger partial charge in [0.05, 0.1) is 19.7 Å². The summed E-state index contributed by atoms with van der Waals surface area (Å²) in [5.74, 6) is -0.0202. The third-order valence-electron chi connectivity index (χ3n) is 2.61. The molecule has 86 valence electrons. The van der Waals surface area contributed by atoms with Crippen molar-refractivity contribution in [3.8, 4) is 0 Å². The Hall–Kier alpha value is -0.880. The summed E-state index contributed by atoms with van der Waals surface area (Å²) in [6.45, 7) is 2.13. The molecule has 1 heterocycles. The number of halogens is 1. The first-order valence-corrected chi connectivity index (χ1v) is 8.08. The molecule has 0 radical (unpaired) electrons. The van der Waals surface area contributed by atoms with Crippen molar-refractivity contribution < 1.29 is 13.2 Å². The van der Waals surface area contributed by atoms with Crippen LogP contribution in [0.4, 0.5) is 5.69 Å². The zero-order chi connectivity index (χ0) is 11.9. The van der Waals surface area contributed by atoms with Gasteiger partial charge in [0.25, 0.3) is 0 Å². The van der Waals surface area contributed by atoms with Gasteiger partial charge in [0, 0.05) is 19.2 Å². The molecule has 0 saturated heterocycles. The van der Waals surface area contributed by atoms with Gasteiger partial charge in [-0.25, -0.2) is 8.42 Å². The van der Waals surface area contributed by atoms with Crippen LogP contribution < -0.4 is 4.90 Å². The number of amides is 1. The SMILES string of the molecule is CC(=O)N1CCc2cc(S(=O)(=O)Br)ccc21. The smallest absolute Gasteiger partial charge is 0.237 e. The molecule has 0 atom stereocenters. The Balaban J connectivity index is 2.48. The van der Waals surface area contributed by atoms with E-state index in [-0.39, 0.29) is 10.8 Å². The Morgan fingerprint density at radius 2 is 2.12 bits per heavy atom. The fourth-order valence-electron chi connectivity index (χ4n) is 1.86. The van der Waals surface area contributed by atoms with Gasteiger partial charge in [0.1, 0.15) is 0 Å². The van der Waals surface area contributed by atoms with Gasteiger partial charge in [0.15, 0.2) is 0 Å². The second-order valence-electron chi connectivity index (χ2n) is 3.65. The number of carbonyl (C=O) groups excluding carboxylic acids is 1. The van der Waals surface area contributed by atoms with Crippen LogP contribution in [-0.2, 0) is 19.5 Å². The van der Waals surface area contributed by atoms with Crippen LogP contribution in [0.2, 0.25) is 0 Å². The Morgan fingerprint density at radius 3 is 2.69 bits per heavy atom. The predicted octanol–water partition coefficient (Wildman–Crippen LogP) is 1.68. The maximum Gasteiger partial charge on any atom is 0.237 e. The van der Waals surface area contributed by atoms with Crippen molar-refractivity contribution in [2.24, 2.45) is 0 Å². The van der Waals surface area contributed by atoms with Crippen molar-refractivity contribution in [1.82, 2.24) is 0 Å². The summed E-state index contributed by atoms with van der Waals surface area (Å²) < 4.78 is 22.6. The molecule has 0 fully saturated rings. The van der Waals surface area contributed by atoms with E-state index >= 15 is 0 Å². The molecule has 16 heavy (non-hydrogen) atoms. The van der Waals surface area contributed by atoms with E-state index in [1.807, 2.05) is 0 Å². The number of hydrogen-bond acceptors (Lipinski definition) is 3. The van der Waals surface area contributed by atoms with Gasteiger partial charge in [-0.15, -0.1) is 0 Å². The van der Waals surface area contributed by atoms with Gasteiger partial charge in [-0.3, -0.25) is 4.79 Å². The number of hydrogen-bond donors (Lipinski definition) is 0. The van der Waals surface area contributed by atoms with E-state index < -0.39 is 8.27 Å². The average molecular weight is 304 g/mol. The highest BCUT2D eigenvalue weighted by Crippen LogP contribution is 2.31. The van der Waals surface area contributed by atoms with Crippen LogP contribution in [0.3, 0.4) is 0 Å². The van der Waals surface area contributed by atoms with Crippen molar-refractivity contribution in [3.63, 3.8) is 0 Å². The van der Waals surface area contributed by atoms with Crippen LogP contribution in [0.1, 0.15) is 12.5 Å². The van der Waals surface area contributed by atoms with Gasteiger partial charge in [-0.1, -0.05) is 0 Å². The molecule has 1 aliphatic heterocycles. The van der Waals surface area contributed by atoms with Crippen molar-refractivity contribution in [1.29, 1.82) is 0 Å². The molecule has 4 nitrogen and oxygen atoms in total. The van der Waals surface area contributed by atoms with Crippen molar-refractivity contribution in [3.05, 3.63) is 23.8 Å². The lowest BCUT2D eigenvalue weighted by Gasteiger charge is -2.14. The molecule has 0 saturated carbocycles. The van der Waals surface area contributed by atoms with E-state index in [1.54, 1.807) is 17.0 Å². The highest BCUT2D eigenvalue weighted by molar-refractivity contribution is 9.47. The molecular weight excluding hydrogens is 294 g/mol. The molecule has 6 heteroatoms. The number of rotatable bonds is 1. The minimum absolute atomic E-state index is 0.0202. The molecule has 1 aliphatic rings. The molecule has 0 N–H and O–H groups in total. The summed E-state index contributed by atoms with van der Waals surface area (Å²) in [7, 11) is -3.35. The van der Waals surface area contributed by atoms with Crippen LogP contribution in [-0.4, -0.2) is 20.9 Å². The lowest BCUT2D eigenvalue weighted by atomic mass is 10.2. The van der Waals surface area contributed by atoms with E-state index in [9.17, 15) is 13.2 Å². The summed E-state index contributed by atoms with van der Waals surface area (Å²) in [6, 6.07) is 4.80. The summed E-state index contributed by atoms with van der Waals surface area (Å²) in [4.78, 5) is 13.2. The number of carbonyl (C=O) groups is 1. The highest BCUT2D eigenvalue weighted by atomic mass is 79.9. The Morgan fingerprint density at radius 1 is 1.44 bits per heavy atom. The zero-order valence-corrected chi connectivity index (χ0v) is 11.0. The summed E-state index contributed by atoms with van der Waals surface area (Å²) >= 11 is 2.63. The van der Waals surface area contributed by atoms with Gasteiger partial charge in [-0.05, 0) is 30.2 Å². The Kier molecular flexibility index (Phi) is 2.79. The third kappa shape index (κ3) is 1.99. The first-order chi connectivity index (χ1) is 7.39. The van der Waals surface area contributed by atoms with Crippen LogP contribution in [0.5, 0.6) is 0 Å². The Labute approximate surface area is 101 Å². The molecule has 1 aromatic rings. The zero-order valence-electron chi connectivity index (χ0n) is 8.60. The fourth-order valence-corrected chi connectivity index (χ4v) is 2.97. The fraction of sp³-hybridized carbons (Fsp3) is 0.300. The normalized spacial score (nSPS) is 15.0. The largest absolute Gasteiger partial charge is 0.312 e. The third-order valence-corrected chi connectivity index (χ3v) is 4.55. The van der Waals surface area contributed by atoms with E-state index in [4.69, 9.17) is 0 Å². The van der Waals surface area contributed by atoms with Crippen LogP contribution >= 0.6 is 14.8 Å². The number of fused-ring (bicyclic) bond motifs is 1. The quantitative estimate of drug-likeness (QED) is 0.742. The minimum atomic E-state index is -3.35. The molecule has 0 unspecified atom stereocenters. The van der Waals surface area contributed by atoms with Gasteiger partial charge in [-0.2, -0.15) is 0 Å². The minimum Gasteiger partial charge on any atom is -0.312 e. The van der Waals surface area contributed by atoms with Crippen molar-refractivity contribution in [2.45, 2.75) is 18.2 Å². The van der Waals surface area contributed by atoms with Crippen LogP contribution in [0, 0.1) is 0 Å². The lowest BCUT2D eigenvalue weighted by molar-refractivity contribution is -0.116. The van der Waals surface area contributed by atoms with Gasteiger partial charge in [0.2, 0.25) is 14.2 Å². The topological polar surface area (TPSA) is 54.5 Å².